The predicted molar refractivity (Wildman–Crippen MR) is 145 cm³/mol. The number of anilines is 2. The first kappa shape index (κ1) is 23.5. The number of benzene rings is 4. The molecule has 5 heteroatoms. The minimum absolute atomic E-state index is 0.178. The molecule has 0 fully saturated rings. The van der Waals surface area contributed by atoms with Crippen LogP contribution in [0.4, 0.5) is 11.4 Å². The van der Waals surface area contributed by atoms with Gasteiger partial charge in [0.05, 0.1) is 11.4 Å². The van der Waals surface area contributed by atoms with Crippen molar-refractivity contribution in [3.05, 3.63) is 110 Å². The highest BCUT2D eigenvalue weighted by atomic mass is 16.5. The number of hydrogen-bond acceptors (Lipinski definition) is 5. The van der Waals surface area contributed by atoms with Crippen molar-refractivity contribution in [2.45, 2.75) is 0 Å². The highest BCUT2D eigenvalue weighted by molar-refractivity contribution is 5.73. The van der Waals surface area contributed by atoms with Gasteiger partial charge in [-0.15, -0.1) is 13.2 Å². The second-order valence-corrected chi connectivity index (χ2v) is 7.96. The van der Waals surface area contributed by atoms with E-state index in [1.54, 1.807) is 24.3 Å². The molecular weight excluding hydrogens is 436 g/mol. The van der Waals surface area contributed by atoms with E-state index in [1.165, 1.54) is 0 Å². The Labute approximate surface area is 205 Å². The number of aromatic hydroxyl groups is 2. The van der Waals surface area contributed by atoms with Crippen LogP contribution >= 0.6 is 0 Å². The number of rotatable bonds is 10. The number of ether oxygens (including phenoxy) is 1. The van der Waals surface area contributed by atoms with Crippen LogP contribution in [0.25, 0.3) is 22.3 Å². The summed E-state index contributed by atoms with van der Waals surface area (Å²) in [6.45, 7) is 8.51. The molecule has 5 nitrogen and oxygen atoms in total. The zero-order chi connectivity index (χ0) is 24.6. The van der Waals surface area contributed by atoms with Gasteiger partial charge in [-0.05, 0) is 70.8 Å². The van der Waals surface area contributed by atoms with Gasteiger partial charge in [0.2, 0.25) is 0 Å². The van der Waals surface area contributed by atoms with Gasteiger partial charge in [0.25, 0.3) is 0 Å². The molecule has 0 heterocycles. The summed E-state index contributed by atoms with van der Waals surface area (Å²) in [6, 6.07) is 26.5. The Morgan fingerprint density at radius 3 is 1.43 bits per heavy atom. The molecule has 0 bridgehead atoms. The molecular formula is C30H28N2O3. The average Bonchev–Trinajstić information content (AvgIpc) is 2.87. The van der Waals surface area contributed by atoms with E-state index in [9.17, 15) is 10.2 Å². The topological polar surface area (TPSA) is 73.8 Å². The summed E-state index contributed by atoms with van der Waals surface area (Å²) in [7, 11) is 0. The standard InChI is InChI=1S/C30H28N2O3/c1-3-15-31-27-13-11-23(19-29(27)33)21-7-5-9-25(17-21)35-26-10-6-8-22(18-26)24-12-14-28(30(34)20-24)32-16-4-2/h3-14,17-20,31-34H,1-2,15-16H2. The maximum Gasteiger partial charge on any atom is 0.139 e. The Balaban J connectivity index is 1.53. The third-order valence-corrected chi connectivity index (χ3v) is 5.44. The molecule has 0 aliphatic carbocycles. The highest BCUT2D eigenvalue weighted by Crippen LogP contribution is 2.34. The first-order chi connectivity index (χ1) is 17.1. The van der Waals surface area contributed by atoms with Crippen molar-refractivity contribution in [3.63, 3.8) is 0 Å². The molecule has 0 spiro atoms. The quantitative estimate of drug-likeness (QED) is 0.145. The Hall–Kier alpha value is -4.64. The molecule has 4 N–H and O–H groups in total. The summed E-state index contributed by atoms with van der Waals surface area (Å²) in [6.07, 6.45) is 3.48. The van der Waals surface area contributed by atoms with Crippen LogP contribution in [0.2, 0.25) is 0 Å². The number of nitrogens with one attached hydrogen (secondary N) is 2. The van der Waals surface area contributed by atoms with Gasteiger partial charge in [-0.2, -0.15) is 0 Å². The summed E-state index contributed by atoms with van der Waals surface area (Å²) >= 11 is 0. The van der Waals surface area contributed by atoms with Gasteiger partial charge >= 0.3 is 0 Å². The maximum atomic E-state index is 10.3. The molecule has 176 valence electrons. The van der Waals surface area contributed by atoms with Crippen LogP contribution < -0.4 is 15.4 Å². The van der Waals surface area contributed by atoms with Gasteiger partial charge in [-0.25, -0.2) is 0 Å². The minimum atomic E-state index is 0.178. The van der Waals surface area contributed by atoms with E-state index >= 15 is 0 Å². The number of phenolic OH excluding ortho intramolecular Hbond substituents is 2. The van der Waals surface area contributed by atoms with E-state index in [0.717, 1.165) is 22.3 Å². The lowest BCUT2D eigenvalue weighted by molar-refractivity contribution is 0.477. The largest absolute Gasteiger partial charge is 0.506 e. The SMILES string of the molecule is C=CCNc1ccc(-c2cccc(Oc3cccc(-c4ccc(NCC=C)c(O)c4)c3)c2)cc1O. The second kappa shape index (κ2) is 11.0. The molecule has 4 rings (SSSR count). The Kier molecular flexibility index (Phi) is 7.38. The molecule has 0 amide bonds. The third-order valence-electron chi connectivity index (χ3n) is 5.44. The number of hydrogen-bond donors (Lipinski definition) is 4. The van der Waals surface area contributed by atoms with Crippen molar-refractivity contribution in [2.24, 2.45) is 0 Å². The average molecular weight is 465 g/mol. The summed E-state index contributed by atoms with van der Waals surface area (Å²) in [5, 5.41) is 26.9. The fourth-order valence-corrected chi connectivity index (χ4v) is 3.70. The zero-order valence-corrected chi connectivity index (χ0v) is 19.4. The van der Waals surface area contributed by atoms with Crippen LogP contribution in [-0.2, 0) is 0 Å². The van der Waals surface area contributed by atoms with Crippen molar-refractivity contribution >= 4 is 11.4 Å². The van der Waals surface area contributed by atoms with Gasteiger partial charge in [-0.3, -0.25) is 0 Å². The summed E-state index contributed by atoms with van der Waals surface area (Å²) in [5.41, 5.74) is 4.94. The van der Waals surface area contributed by atoms with Crippen LogP contribution in [0.3, 0.4) is 0 Å². The monoisotopic (exact) mass is 464 g/mol. The van der Waals surface area contributed by atoms with Crippen molar-refractivity contribution < 1.29 is 14.9 Å². The van der Waals surface area contributed by atoms with Crippen molar-refractivity contribution in [1.29, 1.82) is 0 Å². The van der Waals surface area contributed by atoms with E-state index in [4.69, 9.17) is 4.74 Å². The first-order valence-corrected chi connectivity index (χ1v) is 11.3. The first-order valence-electron chi connectivity index (χ1n) is 11.3. The Morgan fingerprint density at radius 1 is 0.600 bits per heavy atom. The van der Waals surface area contributed by atoms with Crippen LogP contribution in [0, 0.1) is 0 Å². The molecule has 0 aliphatic rings. The van der Waals surface area contributed by atoms with Gasteiger partial charge in [0.15, 0.2) is 0 Å². The lowest BCUT2D eigenvalue weighted by Gasteiger charge is -2.12. The lowest BCUT2D eigenvalue weighted by atomic mass is 10.0. The maximum absolute atomic E-state index is 10.3. The van der Waals surface area contributed by atoms with Crippen LogP contribution in [0.15, 0.2) is 110 Å². The van der Waals surface area contributed by atoms with E-state index in [1.807, 2.05) is 72.8 Å². The normalized spacial score (nSPS) is 10.4. The smallest absolute Gasteiger partial charge is 0.139 e. The van der Waals surface area contributed by atoms with Crippen molar-refractivity contribution in [1.82, 2.24) is 0 Å². The number of phenols is 2. The zero-order valence-electron chi connectivity index (χ0n) is 19.4. The molecule has 4 aromatic rings. The molecule has 0 radical (unpaired) electrons. The lowest BCUT2D eigenvalue weighted by Crippen LogP contribution is -1.97. The molecule has 0 aromatic heterocycles. The van der Waals surface area contributed by atoms with Gasteiger partial charge in [0, 0.05) is 13.1 Å². The summed E-state index contributed by atoms with van der Waals surface area (Å²) < 4.78 is 6.14. The van der Waals surface area contributed by atoms with Crippen LogP contribution in [-0.4, -0.2) is 23.3 Å². The predicted octanol–water partition coefficient (Wildman–Crippen LogP) is 7.42. The van der Waals surface area contributed by atoms with Gasteiger partial charge in [-0.1, -0.05) is 48.6 Å². The summed E-state index contributed by atoms with van der Waals surface area (Å²) in [4.78, 5) is 0. The molecule has 0 saturated heterocycles. The van der Waals surface area contributed by atoms with E-state index in [-0.39, 0.29) is 11.5 Å². The van der Waals surface area contributed by atoms with Crippen molar-refractivity contribution in [2.75, 3.05) is 23.7 Å². The second-order valence-electron chi connectivity index (χ2n) is 7.96. The fraction of sp³-hybridized carbons (Fsp3) is 0.0667. The van der Waals surface area contributed by atoms with Crippen molar-refractivity contribution in [3.8, 4) is 45.3 Å². The Bertz CT molecular complexity index is 1240. The third kappa shape index (κ3) is 5.84. The van der Waals surface area contributed by atoms with E-state index in [0.29, 0.717) is 36.0 Å². The molecule has 4 aromatic carbocycles. The molecule has 0 unspecified atom stereocenters. The van der Waals surface area contributed by atoms with Gasteiger partial charge < -0.3 is 25.6 Å². The molecule has 0 atom stereocenters. The fourth-order valence-electron chi connectivity index (χ4n) is 3.70. The Morgan fingerprint density at radius 2 is 1.03 bits per heavy atom. The van der Waals surface area contributed by atoms with Gasteiger partial charge in [0.1, 0.15) is 23.0 Å². The van der Waals surface area contributed by atoms with Crippen LogP contribution in [0.5, 0.6) is 23.0 Å². The van der Waals surface area contributed by atoms with E-state index in [2.05, 4.69) is 23.8 Å². The van der Waals surface area contributed by atoms with Crippen LogP contribution in [0.1, 0.15) is 0 Å². The molecule has 0 aliphatic heterocycles. The minimum Gasteiger partial charge on any atom is -0.506 e. The summed E-state index contributed by atoms with van der Waals surface area (Å²) in [5.74, 6) is 1.72. The highest BCUT2D eigenvalue weighted by Gasteiger charge is 2.08. The van der Waals surface area contributed by atoms with E-state index < -0.39 is 0 Å². The molecule has 0 saturated carbocycles. The molecule has 35 heavy (non-hydrogen) atoms.